The van der Waals surface area contributed by atoms with E-state index in [0.717, 1.165) is 48.3 Å². The number of hydroxylamine groups is 1. The molecule has 2 aromatic heterocycles. The van der Waals surface area contributed by atoms with E-state index in [9.17, 15) is 0 Å². The van der Waals surface area contributed by atoms with Crippen LogP contribution in [0.1, 0.15) is 29.4 Å². The molecule has 0 N–H and O–H groups in total. The maximum Gasteiger partial charge on any atom is 0.138 e. The summed E-state index contributed by atoms with van der Waals surface area (Å²) in [5.74, 6) is 1.27. The van der Waals surface area contributed by atoms with Gasteiger partial charge in [0.25, 0.3) is 0 Å². The fraction of sp³-hybridized carbons (Fsp3) is 0.103. The predicted octanol–water partition coefficient (Wildman–Crippen LogP) is 10.6. The third-order valence-electron chi connectivity index (χ3n) is 8.28. The highest BCUT2D eigenvalue weighted by Gasteiger charge is 2.26. The van der Waals surface area contributed by atoms with E-state index in [4.69, 9.17) is 14.0 Å². The van der Waals surface area contributed by atoms with E-state index in [1.54, 1.807) is 22.9 Å². The second kappa shape index (κ2) is 11.1. The van der Waals surface area contributed by atoms with Crippen molar-refractivity contribution in [2.24, 2.45) is 0 Å². The molecule has 0 saturated heterocycles. The van der Waals surface area contributed by atoms with Gasteiger partial charge in [0.05, 0.1) is 28.1 Å². The highest BCUT2D eigenvalue weighted by Crippen LogP contribution is 2.42. The normalized spacial score (nSPS) is 14.2. The van der Waals surface area contributed by atoms with E-state index in [-0.39, 0.29) is 0 Å². The summed E-state index contributed by atoms with van der Waals surface area (Å²) in [6, 6.07) is 43.1. The molecule has 220 valence electrons. The Morgan fingerprint density at radius 1 is 0.711 bits per heavy atom. The van der Waals surface area contributed by atoms with Crippen molar-refractivity contribution in [1.29, 1.82) is 0 Å². The zero-order valence-electron chi connectivity index (χ0n) is 27.9. The van der Waals surface area contributed by atoms with Crippen molar-refractivity contribution >= 4 is 50.6 Å². The van der Waals surface area contributed by atoms with Crippen LogP contribution < -0.4 is 10.1 Å². The number of para-hydroxylation sites is 3. The molecule has 3 heterocycles. The van der Waals surface area contributed by atoms with Gasteiger partial charge in [0.1, 0.15) is 5.82 Å². The summed E-state index contributed by atoms with van der Waals surface area (Å²) in [5, 5.41) is 4.89. The van der Waals surface area contributed by atoms with Gasteiger partial charge in [0, 0.05) is 37.8 Å². The fourth-order valence-corrected chi connectivity index (χ4v) is 7.11. The van der Waals surface area contributed by atoms with E-state index in [1.165, 1.54) is 16.5 Å². The summed E-state index contributed by atoms with van der Waals surface area (Å²) in [5.41, 5.74) is 7.75. The van der Waals surface area contributed by atoms with Crippen molar-refractivity contribution in [2.75, 3.05) is 17.1 Å². The first-order valence-corrected chi connectivity index (χ1v) is 15.8. The average Bonchev–Trinajstić information content (AvgIpc) is 3.65. The summed E-state index contributed by atoms with van der Waals surface area (Å²) < 4.78 is 26.2. The second-order valence-corrected chi connectivity index (χ2v) is 12.6. The summed E-state index contributed by atoms with van der Waals surface area (Å²) >= 11 is 1.64. The van der Waals surface area contributed by atoms with Crippen LogP contribution in [-0.4, -0.2) is 16.5 Å². The maximum atomic E-state index is 7.97. The molecule has 5 aromatic carbocycles. The first kappa shape index (κ1) is 24.3. The van der Waals surface area contributed by atoms with E-state index in [2.05, 4.69) is 103 Å². The third-order valence-corrected chi connectivity index (χ3v) is 9.26. The van der Waals surface area contributed by atoms with Gasteiger partial charge in [-0.05, 0) is 83.3 Å². The van der Waals surface area contributed by atoms with Gasteiger partial charge in [-0.1, -0.05) is 92.3 Å². The van der Waals surface area contributed by atoms with Crippen LogP contribution in [0.2, 0.25) is 0 Å². The third kappa shape index (κ3) is 4.83. The number of hydrogen-bond acceptors (Lipinski definition) is 5. The minimum atomic E-state index is -2.45. The molecule has 5 nitrogen and oxygen atoms in total. The minimum Gasteiger partial charge on any atom is -0.294 e. The fourth-order valence-electron chi connectivity index (χ4n) is 6.21. The van der Waals surface area contributed by atoms with Crippen LogP contribution in [-0.2, 0) is 4.94 Å². The van der Waals surface area contributed by atoms with E-state index < -0.39 is 6.98 Å². The monoisotopic (exact) mass is 607 g/mol. The molecule has 0 atom stereocenters. The molecule has 6 heteroatoms. The molecule has 0 fully saturated rings. The zero-order valence-corrected chi connectivity index (χ0v) is 25.7. The molecule has 1 aliphatic heterocycles. The number of aromatic nitrogens is 2. The van der Waals surface area contributed by atoms with Crippen molar-refractivity contribution in [3.63, 3.8) is 0 Å². The molecule has 0 bridgehead atoms. The van der Waals surface area contributed by atoms with Gasteiger partial charge >= 0.3 is 0 Å². The van der Waals surface area contributed by atoms with Gasteiger partial charge in [0.2, 0.25) is 0 Å². The van der Waals surface area contributed by atoms with Crippen LogP contribution in [0.3, 0.4) is 0 Å². The lowest BCUT2D eigenvalue weighted by Crippen LogP contribution is -2.20. The van der Waals surface area contributed by atoms with Crippen molar-refractivity contribution < 1.29 is 9.05 Å². The smallest absolute Gasteiger partial charge is 0.138 e. The highest BCUT2D eigenvalue weighted by atomic mass is 32.2. The number of benzene rings is 5. The maximum absolute atomic E-state index is 7.97. The van der Waals surface area contributed by atoms with Gasteiger partial charge in [-0.15, -0.1) is 4.94 Å². The zero-order chi connectivity index (χ0) is 33.0. The molecule has 0 radical (unpaired) electrons. The van der Waals surface area contributed by atoms with Crippen LogP contribution >= 0.6 is 11.8 Å². The van der Waals surface area contributed by atoms with Crippen LogP contribution in [0.5, 0.6) is 0 Å². The largest absolute Gasteiger partial charge is 0.294 e. The Hall–Kier alpha value is -5.04. The predicted molar refractivity (Wildman–Crippen MR) is 187 cm³/mol. The molecule has 0 unspecified atom stereocenters. The summed E-state index contributed by atoms with van der Waals surface area (Å²) in [6.45, 7) is 2.01. The number of nitrogens with zero attached hydrogens (tertiary/aromatic N) is 4. The van der Waals surface area contributed by atoms with Crippen LogP contribution in [0.15, 0.2) is 143 Å². The Morgan fingerprint density at radius 2 is 1.49 bits per heavy atom. The molecular formula is C39H32N4OS. The Kier molecular flexibility index (Phi) is 6.02. The molecule has 0 aliphatic carbocycles. The van der Waals surface area contributed by atoms with E-state index >= 15 is 0 Å². The highest BCUT2D eigenvalue weighted by molar-refractivity contribution is 7.99. The lowest BCUT2D eigenvalue weighted by atomic mass is 9.93. The number of rotatable bonds is 6. The first-order valence-electron chi connectivity index (χ1n) is 16.5. The van der Waals surface area contributed by atoms with Gasteiger partial charge < -0.3 is 0 Å². The van der Waals surface area contributed by atoms with Crippen molar-refractivity contribution in [3.8, 4) is 16.9 Å². The second-order valence-electron chi connectivity index (χ2n) is 11.4. The molecular weight excluding hydrogens is 573 g/mol. The number of hydrogen-bond donors (Lipinski definition) is 0. The number of anilines is 3. The molecule has 8 rings (SSSR count). The quantitative estimate of drug-likeness (QED) is 0.188. The SMILES string of the molecule is [2H]C([2H])([2H])N1ON(c2cccc(Sc3ccc4c5ccccc5n(-c5cc(-c6ccccc6C(C)C)ccn5)c4c3)c2)c2ccccc21. The molecule has 7 aromatic rings. The first-order chi connectivity index (χ1) is 23.3. The summed E-state index contributed by atoms with van der Waals surface area (Å²) in [6.07, 6.45) is 1.90. The summed E-state index contributed by atoms with van der Waals surface area (Å²) in [4.78, 5) is 12.8. The molecule has 1 aliphatic rings. The summed E-state index contributed by atoms with van der Waals surface area (Å²) in [7, 11) is 0. The van der Waals surface area contributed by atoms with Gasteiger partial charge in [-0.3, -0.25) is 4.57 Å². The Balaban J connectivity index is 1.18. The van der Waals surface area contributed by atoms with Crippen molar-refractivity contribution in [2.45, 2.75) is 29.6 Å². The van der Waals surface area contributed by atoms with Gasteiger partial charge in [0.15, 0.2) is 0 Å². The van der Waals surface area contributed by atoms with Gasteiger partial charge in [-0.25, -0.2) is 10.0 Å². The van der Waals surface area contributed by atoms with Crippen molar-refractivity contribution in [3.05, 3.63) is 139 Å². The number of pyridine rings is 1. The number of fused-ring (bicyclic) bond motifs is 4. The van der Waals surface area contributed by atoms with Crippen LogP contribution in [0.4, 0.5) is 17.1 Å². The Labute approximate surface area is 271 Å². The van der Waals surface area contributed by atoms with E-state index in [0.29, 0.717) is 17.3 Å². The van der Waals surface area contributed by atoms with Gasteiger partial charge in [-0.2, -0.15) is 5.06 Å². The molecule has 0 amide bonds. The lowest BCUT2D eigenvalue weighted by molar-refractivity contribution is 0.142. The standard InChI is InChI=1S/C39H32N4OS/c1-26(2)31-13-4-5-14-32(31)27-21-22-40-39(23-27)42-35-16-7-6-15-33(35)34-20-19-30(25-38(34)42)45-29-12-10-11-28(24-29)43-37-18-9-8-17-36(37)41(3)44-43/h4-26H,1-3H3/i3D3. The minimum absolute atomic E-state index is 0.399. The lowest BCUT2D eigenvalue weighted by Gasteiger charge is -2.18. The van der Waals surface area contributed by atoms with Crippen molar-refractivity contribution in [1.82, 2.24) is 9.55 Å². The Morgan fingerprint density at radius 3 is 2.38 bits per heavy atom. The average molecular weight is 608 g/mol. The van der Waals surface area contributed by atoms with Crippen LogP contribution in [0.25, 0.3) is 38.8 Å². The van der Waals surface area contributed by atoms with E-state index in [1.807, 2.05) is 42.6 Å². The van der Waals surface area contributed by atoms with Crippen LogP contribution in [0, 0.1) is 0 Å². The molecule has 0 saturated carbocycles. The molecule has 0 spiro atoms. The topological polar surface area (TPSA) is 33.5 Å². The molecule has 45 heavy (non-hydrogen) atoms. The Bertz CT molecular complexity index is 2320.